The lowest BCUT2D eigenvalue weighted by atomic mass is 10.1. The molecule has 3 aromatic rings. The molecule has 1 N–H and O–H groups in total. The van der Waals surface area contributed by atoms with Gasteiger partial charge in [-0.15, -0.1) is 0 Å². The Bertz CT molecular complexity index is 1150. The molecule has 2 heterocycles. The van der Waals surface area contributed by atoms with E-state index in [1.807, 2.05) is 12.1 Å². The van der Waals surface area contributed by atoms with Gasteiger partial charge in [0.2, 0.25) is 11.8 Å². The monoisotopic (exact) mass is 472 g/mol. The molecule has 178 valence electrons. The zero-order valence-corrected chi connectivity index (χ0v) is 18.2. The normalized spacial score (nSPS) is 16.1. The molecule has 1 aliphatic rings. The highest BCUT2D eigenvalue weighted by atomic mass is 19.4. The van der Waals surface area contributed by atoms with Crippen molar-refractivity contribution in [3.8, 4) is 0 Å². The van der Waals surface area contributed by atoms with Crippen molar-refractivity contribution in [1.29, 1.82) is 0 Å². The van der Waals surface area contributed by atoms with Gasteiger partial charge in [0.1, 0.15) is 12.4 Å². The summed E-state index contributed by atoms with van der Waals surface area (Å²) in [5, 5.41) is 2.82. The van der Waals surface area contributed by atoms with Gasteiger partial charge < -0.3 is 19.4 Å². The van der Waals surface area contributed by atoms with Crippen molar-refractivity contribution < 1.29 is 31.9 Å². The molecule has 0 aliphatic carbocycles. The highest BCUT2D eigenvalue weighted by Crippen LogP contribution is 2.30. The van der Waals surface area contributed by atoms with Crippen molar-refractivity contribution in [2.45, 2.75) is 32.4 Å². The Morgan fingerprint density at radius 2 is 1.85 bits per heavy atom. The van der Waals surface area contributed by atoms with E-state index in [4.69, 9.17) is 9.15 Å². The standard InChI is InChI=1S/C25H23F3N2O4/c26-25(27,28)20-6-1-4-17(10-20)13-30-14-19(12-23(30)31)24(32)29-21-7-2-5-18(11-21)15-33-16-22-8-3-9-34-22/h1-11,19H,12-16H2,(H,29,32). The summed E-state index contributed by atoms with van der Waals surface area (Å²) >= 11 is 0. The first-order valence-corrected chi connectivity index (χ1v) is 10.7. The molecule has 1 aromatic heterocycles. The van der Waals surface area contributed by atoms with E-state index in [1.54, 1.807) is 30.5 Å². The average molecular weight is 472 g/mol. The molecule has 0 spiro atoms. The number of hydrogen-bond acceptors (Lipinski definition) is 4. The average Bonchev–Trinajstić information content (AvgIpc) is 3.44. The van der Waals surface area contributed by atoms with Crippen LogP contribution in [0.3, 0.4) is 0 Å². The van der Waals surface area contributed by atoms with Crippen LogP contribution in [0.1, 0.15) is 28.9 Å². The first kappa shape index (κ1) is 23.6. The van der Waals surface area contributed by atoms with E-state index in [0.717, 1.165) is 17.7 Å². The Hall–Kier alpha value is -3.59. The number of furan rings is 1. The fourth-order valence-electron chi connectivity index (χ4n) is 3.81. The van der Waals surface area contributed by atoms with E-state index in [2.05, 4.69) is 5.32 Å². The Morgan fingerprint density at radius 1 is 1.06 bits per heavy atom. The molecule has 34 heavy (non-hydrogen) atoms. The molecule has 1 fully saturated rings. The smallest absolute Gasteiger partial charge is 0.416 e. The number of nitrogens with zero attached hydrogens (tertiary/aromatic N) is 1. The van der Waals surface area contributed by atoms with Crippen LogP contribution in [0.2, 0.25) is 0 Å². The van der Waals surface area contributed by atoms with Crippen molar-refractivity contribution in [2.24, 2.45) is 5.92 Å². The first-order chi connectivity index (χ1) is 16.3. The molecular formula is C25H23F3N2O4. The minimum absolute atomic E-state index is 0.0107. The van der Waals surface area contributed by atoms with Gasteiger partial charge in [-0.1, -0.05) is 24.3 Å². The second-order valence-electron chi connectivity index (χ2n) is 8.14. The maximum absolute atomic E-state index is 12.9. The minimum atomic E-state index is -4.45. The van der Waals surface area contributed by atoms with Crippen LogP contribution in [0.25, 0.3) is 0 Å². The predicted molar refractivity (Wildman–Crippen MR) is 117 cm³/mol. The molecule has 1 unspecified atom stereocenters. The number of anilines is 1. The summed E-state index contributed by atoms with van der Waals surface area (Å²) in [5.41, 5.74) is 1.04. The molecule has 0 saturated carbocycles. The van der Waals surface area contributed by atoms with Crippen LogP contribution in [-0.4, -0.2) is 23.3 Å². The third-order valence-corrected chi connectivity index (χ3v) is 5.50. The molecule has 2 aromatic carbocycles. The Balaban J connectivity index is 1.31. The number of nitrogens with one attached hydrogen (secondary N) is 1. The molecule has 9 heteroatoms. The third-order valence-electron chi connectivity index (χ3n) is 5.50. The Labute approximate surface area is 194 Å². The molecule has 1 atom stereocenters. The Morgan fingerprint density at radius 3 is 2.62 bits per heavy atom. The fraction of sp³-hybridized carbons (Fsp3) is 0.280. The van der Waals surface area contributed by atoms with Gasteiger partial charge in [-0.05, 0) is 47.5 Å². The van der Waals surface area contributed by atoms with E-state index < -0.39 is 17.7 Å². The van der Waals surface area contributed by atoms with Crippen LogP contribution in [0, 0.1) is 5.92 Å². The maximum Gasteiger partial charge on any atom is 0.416 e. The van der Waals surface area contributed by atoms with Crippen LogP contribution in [0.4, 0.5) is 18.9 Å². The lowest BCUT2D eigenvalue weighted by molar-refractivity contribution is -0.137. The minimum Gasteiger partial charge on any atom is -0.467 e. The number of ether oxygens (including phenoxy) is 1. The van der Waals surface area contributed by atoms with Gasteiger partial charge >= 0.3 is 6.18 Å². The van der Waals surface area contributed by atoms with Gasteiger partial charge in [0, 0.05) is 25.2 Å². The van der Waals surface area contributed by atoms with Crippen molar-refractivity contribution in [3.63, 3.8) is 0 Å². The van der Waals surface area contributed by atoms with Crippen LogP contribution in [0.15, 0.2) is 71.3 Å². The molecular weight excluding hydrogens is 449 g/mol. The molecule has 1 aliphatic heterocycles. The summed E-state index contributed by atoms with van der Waals surface area (Å²) < 4.78 is 49.7. The van der Waals surface area contributed by atoms with Crippen LogP contribution in [0.5, 0.6) is 0 Å². The van der Waals surface area contributed by atoms with Gasteiger partial charge in [-0.2, -0.15) is 13.2 Å². The maximum atomic E-state index is 12.9. The van der Waals surface area contributed by atoms with Crippen molar-refractivity contribution >= 4 is 17.5 Å². The topological polar surface area (TPSA) is 71.8 Å². The fourth-order valence-corrected chi connectivity index (χ4v) is 3.81. The summed E-state index contributed by atoms with van der Waals surface area (Å²) in [5.74, 6) is -0.451. The van der Waals surface area contributed by atoms with Crippen LogP contribution in [-0.2, 0) is 40.3 Å². The van der Waals surface area contributed by atoms with E-state index in [0.29, 0.717) is 30.2 Å². The molecule has 0 radical (unpaired) electrons. The molecule has 6 nitrogen and oxygen atoms in total. The van der Waals surface area contributed by atoms with Crippen molar-refractivity contribution in [2.75, 3.05) is 11.9 Å². The summed E-state index contributed by atoms with van der Waals surface area (Å²) in [6, 6.07) is 15.7. The van der Waals surface area contributed by atoms with Gasteiger partial charge in [0.25, 0.3) is 0 Å². The van der Waals surface area contributed by atoms with Gasteiger partial charge in [-0.25, -0.2) is 0 Å². The van der Waals surface area contributed by atoms with Gasteiger partial charge in [0.15, 0.2) is 0 Å². The second-order valence-corrected chi connectivity index (χ2v) is 8.14. The summed E-state index contributed by atoms with van der Waals surface area (Å²) in [6.45, 7) is 0.828. The molecule has 0 bridgehead atoms. The largest absolute Gasteiger partial charge is 0.467 e. The van der Waals surface area contributed by atoms with E-state index in [-0.39, 0.29) is 31.3 Å². The summed E-state index contributed by atoms with van der Waals surface area (Å²) in [7, 11) is 0. The summed E-state index contributed by atoms with van der Waals surface area (Å²) in [6.07, 6.45) is -2.87. The number of halogens is 3. The zero-order valence-electron chi connectivity index (χ0n) is 18.2. The number of carbonyl (C=O) groups excluding carboxylic acids is 2. The first-order valence-electron chi connectivity index (χ1n) is 10.7. The number of amides is 2. The van der Waals surface area contributed by atoms with E-state index in [9.17, 15) is 22.8 Å². The highest BCUT2D eigenvalue weighted by Gasteiger charge is 2.35. The SMILES string of the molecule is O=C(Nc1cccc(COCc2ccco2)c1)C1CC(=O)N(Cc2cccc(C(F)(F)F)c2)C1. The number of benzene rings is 2. The van der Waals surface area contributed by atoms with Gasteiger partial charge in [-0.3, -0.25) is 9.59 Å². The van der Waals surface area contributed by atoms with Crippen LogP contribution >= 0.6 is 0 Å². The quantitative estimate of drug-likeness (QED) is 0.501. The Kier molecular flexibility index (Phi) is 7.02. The lowest BCUT2D eigenvalue weighted by Gasteiger charge is -2.18. The molecule has 4 rings (SSSR count). The summed E-state index contributed by atoms with van der Waals surface area (Å²) in [4.78, 5) is 26.6. The van der Waals surface area contributed by atoms with Crippen LogP contribution < -0.4 is 5.32 Å². The van der Waals surface area contributed by atoms with E-state index >= 15 is 0 Å². The third kappa shape index (κ3) is 6.05. The van der Waals surface area contributed by atoms with E-state index in [1.165, 1.54) is 17.0 Å². The van der Waals surface area contributed by atoms with Crippen molar-refractivity contribution in [1.82, 2.24) is 4.90 Å². The highest BCUT2D eigenvalue weighted by molar-refractivity contribution is 5.97. The predicted octanol–water partition coefficient (Wildman–Crippen LogP) is 5.00. The molecule has 1 saturated heterocycles. The number of rotatable bonds is 8. The van der Waals surface area contributed by atoms with Crippen molar-refractivity contribution in [3.05, 3.63) is 89.4 Å². The lowest BCUT2D eigenvalue weighted by Crippen LogP contribution is -2.28. The molecule has 2 amide bonds. The number of alkyl halides is 3. The van der Waals surface area contributed by atoms with Gasteiger partial charge in [0.05, 0.1) is 24.4 Å². The number of likely N-dealkylation sites (tertiary alicyclic amines) is 1. The number of carbonyl (C=O) groups is 2. The zero-order chi connectivity index (χ0) is 24.1. The number of hydrogen-bond donors (Lipinski definition) is 1. The second kappa shape index (κ2) is 10.1.